The number of carboxylic acids is 1. The molecule has 1 aromatic carbocycles. The Hall–Kier alpha value is -2.37. The Bertz CT molecular complexity index is 598. The Labute approximate surface area is 129 Å². The molecule has 0 saturated carbocycles. The van der Waals surface area contributed by atoms with Gasteiger partial charge in [0.05, 0.1) is 4.92 Å². The molecule has 0 spiro atoms. The summed E-state index contributed by atoms with van der Waals surface area (Å²) in [6.07, 6.45) is 6.55. The summed E-state index contributed by atoms with van der Waals surface area (Å²) in [7, 11) is 0. The van der Waals surface area contributed by atoms with Crippen LogP contribution in [0.2, 0.25) is 0 Å². The lowest BCUT2D eigenvalue weighted by Gasteiger charge is -2.36. The molecule has 0 aromatic heterocycles. The van der Waals surface area contributed by atoms with Crippen LogP contribution >= 0.6 is 0 Å². The fourth-order valence-electron chi connectivity index (χ4n) is 2.94. The van der Waals surface area contributed by atoms with Gasteiger partial charge in [0, 0.05) is 24.7 Å². The second kappa shape index (κ2) is 7.06. The van der Waals surface area contributed by atoms with E-state index in [2.05, 4.69) is 11.8 Å². The van der Waals surface area contributed by atoms with E-state index in [1.165, 1.54) is 12.1 Å². The van der Waals surface area contributed by atoms with Gasteiger partial charge < -0.3 is 10.0 Å². The van der Waals surface area contributed by atoms with Crippen LogP contribution < -0.4 is 4.90 Å². The van der Waals surface area contributed by atoms with Crippen LogP contribution in [0.1, 0.15) is 38.2 Å². The highest BCUT2D eigenvalue weighted by molar-refractivity contribution is 5.85. The maximum absolute atomic E-state index is 11.4. The minimum absolute atomic E-state index is 0.0351. The zero-order valence-corrected chi connectivity index (χ0v) is 12.6. The van der Waals surface area contributed by atoms with Gasteiger partial charge in [-0.25, -0.2) is 4.79 Å². The molecule has 6 heteroatoms. The van der Waals surface area contributed by atoms with Crippen molar-refractivity contribution in [1.29, 1.82) is 0 Å². The Balaban J connectivity index is 2.38. The lowest BCUT2D eigenvalue weighted by atomic mass is 9.98. The lowest BCUT2D eigenvalue weighted by Crippen LogP contribution is -2.39. The molecule has 22 heavy (non-hydrogen) atoms. The molecule has 1 saturated heterocycles. The van der Waals surface area contributed by atoms with E-state index in [1.54, 1.807) is 12.1 Å². The number of carbonyl (C=O) groups is 1. The van der Waals surface area contributed by atoms with Crippen LogP contribution in [0.3, 0.4) is 0 Å². The monoisotopic (exact) mass is 304 g/mol. The summed E-state index contributed by atoms with van der Waals surface area (Å²) < 4.78 is 0. The molecular formula is C16H20N2O4. The number of anilines is 1. The molecule has 1 N–H and O–H groups in total. The summed E-state index contributed by atoms with van der Waals surface area (Å²) in [5.41, 5.74) is 1.18. The van der Waals surface area contributed by atoms with Crippen molar-refractivity contribution in [2.24, 2.45) is 0 Å². The van der Waals surface area contributed by atoms with E-state index in [-0.39, 0.29) is 5.69 Å². The average molecular weight is 304 g/mol. The van der Waals surface area contributed by atoms with E-state index < -0.39 is 10.9 Å². The van der Waals surface area contributed by atoms with Gasteiger partial charge in [0.1, 0.15) is 5.69 Å². The largest absolute Gasteiger partial charge is 0.478 e. The summed E-state index contributed by atoms with van der Waals surface area (Å²) in [5.74, 6) is -1.08. The number of piperidine rings is 1. The van der Waals surface area contributed by atoms with Crippen LogP contribution in [-0.4, -0.2) is 28.6 Å². The van der Waals surface area contributed by atoms with Crippen LogP contribution in [0.4, 0.5) is 11.4 Å². The van der Waals surface area contributed by atoms with Gasteiger partial charge in [0.15, 0.2) is 0 Å². The molecular weight excluding hydrogens is 284 g/mol. The standard InChI is InChI=1S/C16H20N2O4/c1-2-13-5-3-4-10-17(13)14-8-6-12(7-9-16(19)20)11-15(14)18(21)22/h6-9,11,13H,2-5,10H2,1H3,(H,19,20)/b9-7+. The normalized spacial score (nSPS) is 18.6. The van der Waals surface area contributed by atoms with E-state index in [4.69, 9.17) is 5.11 Å². The van der Waals surface area contributed by atoms with Gasteiger partial charge in [-0.15, -0.1) is 0 Å². The number of nitro benzene ring substituents is 1. The molecule has 1 aliphatic heterocycles. The van der Waals surface area contributed by atoms with Crippen LogP contribution in [0, 0.1) is 10.1 Å². The van der Waals surface area contributed by atoms with Crippen LogP contribution in [-0.2, 0) is 4.79 Å². The highest BCUT2D eigenvalue weighted by Crippen LogP contribution is 2.34. The number of hydrogen-bond donors (Lipinski definition) is 1. The van der Waals surface area contributed by atoms with Crippen LogP contribution in [0.5, 0.6) is 0 Å². The first-order chi connectivity index (χ1) is 10.5. The van der Waals surface area contributed by atoms with Crippen molar-refractivity contribution in [2.45, 2.75) is 38.6 Å². The number of nitro groups is 1. The maximum Gasteiger partial charge on any atom is 0.328 e. The average Bonchev–Trinajstić information content (AvgIpc) is 2.52. The first-order valence-electron chi connectivity index (χ1n) is 7.49. The Morgan fingerprint density at radius 3 is 2.91 bits per heavy atom. The number of nitrogens with zero attached hydrogens (tertiary/aromatic N) is 2. The molecule has 0 radical (unpaired) electrons. The van der Waals surface area contributed by atoms with Crippen molar-refractivity contribution in [3.8, 4) is 0 Å². The molecule has 1 atom stereocenters. The van der Waals surface area contributed by atoms with Crippen LogP contribution in [0.15, 0.2) is 24.3 Å². The van der Waals surface area contributed by atoms with Crippen molar-refractivity contribution >= 4 is 23.4 Å². The summed E-state index contributed by atoms with van der Waals surface area (Å²) >= 11 is 0. The molecule has 1 heterocycles. The third-order valence-electron chi connectivity index (χ3n) is 4.02. The summed E-state index contributed by atoms with van der Waals surface area (Å²) in [4.78, 5) is 23.7. The Kier molecular flexibility index (Phi) is 5.14. The van der Waals surface area contributed by atoms with Gasteiger partial charge in [-0.2, -0.15) is 0 Å². The molecule has 1 aromatic rings. The predicted molar refractivity (Wildman–Crippen MR) is 85.0 cm³/mol. The van der Waals surface area contributed by atoms with Crippen LogP contribution in [0.25, 0.3) is 6.08 Å². The molecule has 6 nitrogen and oxygen atoms in total. The van der Waals surface area contributed by atoms with E-state index in [1.807, 2.05) is 0 Å². The van der Waals surface area contributed by atoms with E-state index >= 15 is 0 Å². The maximum atomic E-state index is 11.4. The number of rotatable bonds is 5. The number of carboxylic acid groups (broad SMARTS) is 1. The molecule has 0 aliphatic carbocycles. The molecule has 0 amide bonds. The van der Waals surface area contributed by atoms with Gasteiger partial charge in [0.2, 0.25) is 0 Å². The molecule has 1 aliphatic rings. The van der Waals surface area contributed by atoms with Gasteiger partial charge in [-0.1, -0.05) is 13.0 Å². The van der Waals surface area contributed by atoms with Crippen molar-refractivity contribution in [2.75, 3.05) is 11.4 Å². The number of aliphatic carboxylic acids is 1. The van der Waals surface area contributed by atoms with Crippen molar-refractivity contribution in [3.63, 3.8) is 0 Å². The quantitative estimate of drug-likeness (QED) is 0.511. The zero-order chi connectivity index (χ0) is 16.1. The molecule has 2 rings (SSSR count). The smallest absolute Gasteiger partial charge is 0.328 e. The predicted octanol–water partition coefficient (Wildman–Crippen LogP) is 3.46. The zero-order valence-electron chi connectivity index (χ0n) is 12.6. The third kappa shape index (κ3) is 3.63. The van der Waals surface area contributed by atoms with Gasteiger partial charge >= 0.3 is 5.97 Å². The topological polar surface area (TPSA) is 83.7 Å². The van der Waals surface area contributed by atoms with Gasteiger partial charge in [0.25, 0.3) is 5.69 Å². The third-order valence-corrected chi connectivity index (χ3v) is 4.02. The fourth-order valence-corrected chi connectivity index (χ4v) is 2.94. The first-order valence-corrected chi connectivity index (χ1v) is 7.49. The SMILES string of the molecule is CCC1CCCCN1c1ccc(/C=C/C(=O)O)cc1[N+](=O)[O-]. The molecule has 1 unspecified atom stereocenters. The minimum atomic E-state index is -1.08. The molecule has 118 valence electrons. The second-order valence-corrected chi connectivity index (χ2v) is 5.43. The second-order valence-electron chi connectivity index (χ2n) is 5.43. The van der Waals surface area contributed by atoms with Gasteiger partial charge in [-0.3, -0.25) is 10.1 Å². The van der Waals surface area contributed by atoms with E-state index in [0.717, 1.165) is 38.3 Å². The summed E-state index contributed by atoms with van der Waals surface area (Å²) in [5, 5.41) is 20.0. The summed E-state index contributed by atoms with van der Waals surface area (Å²) in [6, 6.07) is 5.22. The fraction of sp³-hybridized carbons (Fsp3) is 0.438. The number of benzene rings is 1. The van der Waals surface area contributed by atoms with Crippen molar-refractivity contribution < 1.29 is 14.8 Å². The van der Waals surface area contributed by atoms with Gasteiger partial charge in [-0.05, 0) is 43.4 Å². The van der Waals surface area contributed by atoms with E-state index in [0.29, 0.717) is 17.3 Å². The number of hydrogen-bond acceptors (Lipinski definition) is 4. The van der Waals surface area contributed by atoms with E-state index in [9.17, 15) is 14.9 Å². The van der Waals surface area contributed by atoms with Crippen molar-refractivity contribution in [3.05, 3.63) is 40.0 Å². The van der Waals surface area contributed by atoms with Crippen molar-refractivity contribution in [1.82, 2.24) is 0 Å². The highest BCUT2D eigenvalue weighted by Gasteiger charge is 2.27. The molecule has 1 fully saturated rings. The Morgan fingerprint density at radius 2 is 2.27 bits per heavy atom. The first kappa shape index (κ1) is 16.0. The minimum Gasteiger partial charge on any atom is -0.478 e. The highest BCUT2D eigenvalue weighted by atomic mass is 16.6. The lowest BCUT2D eigenvalue weighted by molar-refractivity contribution is -0.384. The summed E-state index contributed by atoms with van der Waals surface area (Å²) in [6.45, 7) is 2.92. The Morgan fingerprint density at radius 1 is 1.50 bits per heavy atom. The molecule has 0 bridgehead atoms.